The molecule has 0 aromatic rings. The molecule has 4 heteroatoms. The van der Waals surface area contributed by atoms with Crippen molar-refractivity contribution in [3.63, 3.8) is 0 Å². The highest BCUT2D eigenvalue weighted by atomic mass is 16.5. The van der Waals surface area contributed by atoms with Gasteiger partial charge in [0.05, 0.1) is 0 Å². The van der Waals surface area contributed by atoms with E-state index in [9.17, 15) is 9.59 Å². The Morgan fingerprint density at radius 1 is 0.420 bits per heavy atom. The summed E-state index contributed by atoms with van der Waals surface area (Å²) >= 11 is 0. The Labute approximate surface area is 313 Å². The van der Waals surface area contributed by atoms with Crippen molar-refractivity contribution in [3.8, 4) is 0 Å². The number of carboxylic acid groups (broad SMARTS) is 1. The average Bonchev–Trinajstić information content (AvgIpc) is 3.10. The summed E-state index contributed by atoms with van der Waals surface area (Å²) in [4.78, 5) is 23.4. The van der Waals surface area contributed by atoms with Crippen LogP contribution in [0.2, 0.25) is 0 Å². The van der Waals surface area contributed by atoms with Gasteiger partial charge in [-0.3, -0.25) is 9.59 Å². The third-order valence-corrected chi connectivity index (χ3v) is 10.5. The van der Waals surface area contributed by atoms with Gasteiger partial charge in [0.15, 0.2) is 0 Å². The zero-order valence-electron chi connectivity index (χ0n) is 34.0. The quantitative estimate of drug-likeness (QED) is 0.0390. The van der Waals surface area contributed by atoms with Crippen LogP contribution < -0.4 is 0 Å². The Kier molecular flexibility index (Phi) is 41.0. The van der Waals surface area contributed by atoms with Crippen LogP contribution in [0.4, 0.5) is 0 Å². The first-order valence-electron chi connectivity index (χ1n) is 22.7. The van der Waals surface area contributed by atoms with E-state index in [0.29, 0.717) is 12.8 Å². The van der Waals surface area contributed by atoms with Crippen LogP contribution in [0.3, 0.4) is 0 Å². The molecule has 0 aliphatic carbocycles. The minimum absolute atomic E-state index is 0.0319. The highest BCUT2D eigenvalue weighted by molar-refractivity contribution is 5.69. The van der Waals surface area contributed by atoms with Gasteiger partial charge in [0.25, 0.3) is 0 Å². The molecule has 1 N–H and O–H groups in total. The van der Waals surface area contributed by atoms with Crippen LogP contribution in [-0.2, 0) is 14.3 Å². The lowest BCUT2D eigenvalue weighted by Crippen LogP contribution is -2.18. The number of aliphatic carboxylic acids is 1. The highest BCUT2D eigenvalue weighted by Crippen LogP contribution is 2.19. The molecular weight excluding hydrogens is 617 g/mol. The van der Waals surface area contributed by atoms with Crippen LogP contribution in [0, 0.1) is 0 Å². The molecule has 0 radical (unpaired) electrons. The predicted molar refractivity (Wildman–Crippen MR) is 218 cm³/mol. The van der Waals surface area contributed by atoms with Gasteiger partial charge in [0, 0.05) is 12.8 Å². The molecule has 0 saturated carbocycles. The number of allylic oxidation sites excluding steroid dienone is 2. The van der Waals surface area contributed by atoms with E-state index in [1.165, 1.54) is 186 Å². The molecule has 0 spiro atoms. The summed E-state index contributed by atoms with van der Waals surface area (Å²) in [6.07, 6.45) is 52.5. The molecule has 0 rings (SSSR count). The Hall–Kier alpha value is -1.32. The molecule has 0 saturated heterocycles. The Balaban J connectivity index is 3.97. The lowest BCUT2D eigenvalue weighted by molar-refractivity contribution is -0.150. The molecule has 50 heavy (non-hydrogen) atoms. The number of carbonyl (C=O) groups is 2. The van der Waals surface area contributed by atoms with E-state index < -0.39 is 5.97 Å². The normalized spacial score (nSPS) is 12.2. The monoisotopic (exact) mass is 705 g/mol. The Morgan fingerprint density at radius 2 is 0.720 bits per heavy atom. The van der Waals surface area contributed by atoms with Crippen molar-refractivity contribution < 1.29 is 19.4 Å². The molecular formula is C46H88O4. The molecule has 4 nitrogen and oxygen atoms in total. The van der Waals surface area contributed by atoms with Gasteiger partial charge < -0.3 is 9.84 Å². The maximum Gasteiger partial charge on any atom is 0.306 e. The summed E-state index contributed by atoms with van der Waals surface area (Å²) < 4.78 is 6.07. The minimum Gasteiger partial charge on any atom is -0.481 e. The van der Waals surface area contributed by atoms with Crippen LogP contribution >= 0.6 is 0 Å². The maximum absolute atomic E-state index is 12.8. The number of esters is 1. The highest BCUT2D eigenvalue weighted by Gasteiger charge is 2.14. The second kappa shape index (κ2) is 42.1. The summed E-state index contributed by atoms with van der Waals surface area (Å²) in [5.74, 6) is -0.647. The van der Waals surface area contributed by atoms with E-state index in [2.05, 4.69) is 26.0 Å². The number of hydrogen-bond donors (Lipinski definition) is 1. The van der Waals surface area contributed by atoms with Gasteiger partial charge in [0.2, 0.25) is 0 Å². The zero-order valence-corrected chi connectivity index (χ0v) is 34.0. The summed E-state index contributed by atoms with van der Waals surface area (Å²) in [6, 6.07) is 0. The predicted octanol–water partition coefficient (Wildman–Crippen LogP) is 15.8. The number of carbonyl (C=O) groups excluding carboxylic acids is 1. The topological polar surface area (TPSA) is 63.6 Å². The van der Waals surface area contributed by atoms with Gasteiger partial charge in [-0.05, 0) is 64.2 Å². The number of hydrogen-bond acceptors (Lipinski definition) is 3. The van der Waals surface area contributed by atoms with E-state index in [1.54, 1.807) is 0 Å². The minimum atomic E-state index is -0.679. The zero-order chi connectivity index (χ0) is 36.4. The standard InChI is InChI=1S/C46H88O4/c1-3-5-7-9-11-13-15-16-17-18-19-20-21-22-23-25-31-35-39-43-46(49)50-44(40-36-32-28-24-14-12-10-8-6-4-2)41-37-33-29-26-27-30-34-38-42-45(47)48/h16-17,44H,3-15,18-43H2,1-2H3,(H,47,48)/b17-16-. The van der Waals surface area contributed by atoms with Crippen molar-refractivity contribution >= 4 is 11.9 Å². The number of carboxylic acids is 1. The number of unbranched alkanes of at least 4 members (excludes halogenated alkanes) is 31. The molecule has 1 atom stereocenters. The molecule has 1 unspecified atom stereocenters. The van der Waals surface area contributed by atoms with Gasteiger partial charge in [0.1, 0.15) is 6.10 Å². The average molecular weight is 705 g/mol. The number of rotatable bonds is 42. The van der Waals surface area contributed by atoms with Crippen LogP contribution in [0.5, 0.6) is 0 Å². The van der Waals surface area contributed by atoms with Crippen molar-refractivity contribution in [1.29, 1.82) is 0 Å². The van der Waals surface area contributed by atoms with Gasteiger partial charge in [-0.25, -0.2) is 0 Å². The van der Waals surface area contributed by atoms with Crippen molar-refractivity contribution in [2.24, 2.45) is 0 Å². The SMILES string of the molecule is CCCCCCCC/C=C\CCCCCCCCCCCC(=O)OC(CCCCCCCCCCCC)CCCCCCCCCCC(=O)O. The first kappa shape index (κ1) is 48.7. The fourth-order valence-corrected chi connectivity index (χ4v) is 7.12. The van der Waals surface area contributed by atoms with E-state index in [0.717, 1.165) is 51.4 Å². The molecule has 296 valence electrons. The van der Waals surface area contributed by atoms with Crippen molar-refractivity contribution in [3.05, 3.63) is 12.2 Å². The maximum atomic E-state index is 12.8. The molecule has 0 aliphatic rings. The van der Waals surface area contributed by atoms with E-state index in [4.69, 9.17) is 9.84 Å². The third kappa shape index (κ3) is 41.1. The van der Waals surface area contributed by atoms with Crippen LogP contribution in [-0.4, -0.2) is 23.1 Å². The van der Waals surface area contributed by atoms with Gasteiger partial charge in [-0.15, -0.1) is 0 Å². The first-order valence-corrected chi connectivity index (χ1v) is 22.7. The summed E-state index contributed by atoms with van der Waals surface area (Å²) in [6.45, 7) is 4.56. The van der Waals surface area contributed by atoms with Crippen molar-refractivity contribution in [2.75, 3.05) is 0 Å². The molecule has 0 aliphatic heterocycles. The molecule has 0 amide bonds. The van der Waals surface area contributed by atoms with E-state index in [-0.39, 0.29) is 12.1 Å². The molecule has 0 aromatic carbocycles. The van der Waals surface area contributed by atoms with Crippen LogP contribution in [0.25, 0.3) is 0 Å². The van der Waals surface area contributed by atoms with Gasteiger partial charge in [-0.1, -0.05) is 199 Å². The summed E-state index contributed by atoms with van der Waals surface area (Å²) in [5.41, 5.74) is 0. The van der Waals surface area contributed by atoms with Crippen LogP contribution in [0.15, 0.2) is 12.2 Å². The number of ether oxygens (including phenoxy) is 1. The van der Waals surface area contributed by atoms with E-state index >= 15 is 0 Å². The molecule has 0 heterocycles. The smallest absolute Gasteiger partial charge is 0.306 e. The Morgan fingerprint density at radius 3 is 1.08 bits per heavy atom. The summed E-state index contributed by atoms with van der Waals surface area (Å²) in [5, 5.41) is 8.77. The third-order valence-electron chi connectivity index (χ3n) is 10.5. The fourth-order valence-electron chi connectivity index (χ4n) is 7.12. The van der Waals surface area contributed by atoms with Crippen molar-refractivity contribution in [2.45, 2.75) is 270 Å². The Bertz CT molecular complexity index is 717. The largest absolute Gasteiger partial charge is 0.481 e. The molecule has 0 fully saturated rings. The molecule has 0 aromatic heterocycles. The van der Waals surface area contributed by atoms with Gasteiger partial charge >= 0.3 is 11.9 Å². The summed E-state index contributed by atoms with van der Waals surface area (Å²) in [7, 11) is 0. The van der Waals surface area contributed by atoms with Gasteiger partial charge in [-0.2, -0.15) is 0 Å². The second-order valence-corrected chi connectivity index (χ2v) is 15.6. The lowest BCUT2D eigenvalue weighted by Gasteiger charge is -2.18. The van der Waals surface area contributed by atoms with Crippen LogP contribution in [0.1, 0.15) is 264 Å². The second-order valence-electron chi connectivity index (χ2n) is 15.6. The van der Waals surface area contributed by atoms with E-state index in [1.807, 2.05) is 0 Å². The van der Waals surface area contributed by atoms with Crippen molar-refractivity contribution in [1.82, 2.24) is 0 Å². The fraction of sp³-hybridized carbons (Fsp3) is 0.913. The lowest BCUT2D eigenvalue weighted by atomic mass is 10.0. The molecule has 0 bridgehead atoms. The first-order chi connectivity index (χ1) is 24.6.